The van der Waals surface area contributed by atoms with Gasteiger partial charge in [0.2, 0.25) is 5.91 Å². The van der Waals surface area contributed by atoms with Crippen molar-refractivity contribution in [3.8, 4) is 0 Å². The van der Waals surface area contributed by atoms with Crippen molar-refractivity contribution in [1.82, 2.24) is 9.88 Å². The number of rotatable bonds is 5. The lowest BCUT2D eigenvalue weighted by atomic mass is 9.88. The van der Waals surface area contributed by atoms with Gasteiger partial charge in [-0.25, -0.2) is 18.5 Å². The van der Waals surface area contributed by atoms with Crippen LogP contribution in [-0.2, 0) is 9.53 Å². The second-order valence-corrected chi connectivity index (χ2v) is 7.54. The molecule has 2 amide bonds. The van der Waals surface area contributed by atoms with Gasteiger partial charge in [-0.15, -0.1) is 0 Å². The number of carbonyl (C=O) groups excluding carboxylic acids is 2. The molecule has 0 radical (unpaired) electrons. The van der Waals surface area contributed by atoms with Gasteiger partial charge in [-0.2, -0.15) is 0 Å². The lowest BCUT2D eigenvalue weighted by molar-refractivity contribution is -0.129. The maximum Gasteiger partial charge on any atom is 0.417 e. The Morgan fingerprint density at radius 2 is 1.90 bits per heavy atom. The van der Waals surface area contributed by atoms with E-state index in [0.29, 0.717) is 11.1 Å². The number of amides is 2. The normalized spacial score (nSPS) is 16.8. The van der Waals surface area contributed by atoms with Crippen LogP contribution in [0.15, 0.2) is 67.0 Å². The number of nitrogens with zero attached hydrogens (tertiary/aromatic N) is 2. The lowest BCUT2D eigenvalue weighted by Crippen LogP contribution is -2.35. The molecule has 8 heteroatoms. The number of hydrogen-bond donors (Lipinski definition) is 0. The fourth-order valence-electron chi connectivity index (χ4n) is 3.67. The van der Waals surface area contributed by atoms with Crippen molar-refractivity contribution in [1.29, 1.82) is 0 Å². The van der Waals surface area contributed by atoms with Crippen molar-refractivity contribution >= 4 is 23.6 Å². The van der Waals surface area contributed by atoms with Crippen molar-refractivity contribution in [3.05, 3.63) is 100 Å². The summed E-state index contributed by atoms with van der Waals surface area (Å²) in [5.41, 5.74) is 1.54. The molecule has 0 aliphatic carbocycles. The number of cyclic esters (lactones) is 1. The Morgan fingerprint density at radius 1 is 1.13 bits per heavy atom. The number of carbonyl (C=O) groups is 2. The van der Waals surface area contributed by atoms with E-state index < -0.39 is 35.6 Å². The maximum atomic E-state index is 14.1. The molecule has 0 spiro atoms. The molecule has 2 aromatic carbocycles. The van der Waals surface area contributed by atoms with Crippen molar-refractivity contribution in [2.75, 3.05) is 6.61 Å². The molecule has 1 saturated heterocycles. The third kappa shape index (κ3) is 4.41. The minimum atomic E-state index is -0.753. The Hall–Kier alpha value is -3.32. The van der Waals surface area contributed by atoms with Gasteiger partial charge in [-0.05, 0) is 34.9 Å². The fraction of sp³-hybridized carbons (Fsp3) is 0.174. The lowest BCUT2D eigenvalue weighted by Gasteiger charge is -2.23. The molecular formula is C23H17ClF2N2O3. The van der Waals surface area contributed by atoms with Crippen LogP contribution < -0.4 is 0 Å². The van der Waals surface area contributed by atoms with Crippen LogP contribution >= 0.6 is 11.6 Å². The minimum Gasteiger partial charge on any atom is -0.446 e. The fourth-order valence-corrected chi connectivity index (χ4v) is 3.78. The Kier molecular flexibility index (Phi) is 5.95. The number of aromatic nitrogens is 1. The number of imide groups is 1. The Bertz CT molecular complexity index is 1130. The van der Waals surface area contributed by atoms with E-state index in [1.807, 2.05) is 6.07 Å². The number of ether oxygens (including phenoxy) is 1. The molecule has 2 heterocycles. The first-order valence-electron chi connectivity index (χ1n) is 9.53. The Balaban J connectivity index is 1.68. The van der Waals surface area contributed by atoms with Crippen molar-refractivity contribution < 1.29 is 23.1 Å². The topological polar surface area (TPSA) is 59.5 Å². The molecule has 4 rings (SSSR count). The van der Waals surface area contributed by atoms with Crippen molar-refractivity contribution in [2.45, 2.75) is 18.4 Å². The monoisotopic (exact) mass is 442 g/mol. The van der Waals surface area contributed by atoms with Gasteiger partial charge < -0.3 is 4.74 Å². The molecule has 0 bridgehead atoms. The zero-order chi connectivity index (χ0) is 22.0. The van der Waals surface area contributed by atoms with Gasteiger partial charge in [0.05, 0.1) is 11.2 Å². The predicted octanol–water partition coefficient (Wildman–Crippen LogP) is 5.26. The number of benzene rings is 2. The third-order valence-electron chi connectivity index (χ3n) is 5.18. The standard InChI is InChI=1S/C23H17ClF2N2O3/c24-19-7-6-15(9-20(19)26)18(16-8-17(25)12-27-11-16)10-22(29)28-21(13-31-23(28)30)14-4-2-1-3-5-14/h1-9,11-12,18,21H,10,13H2/t18-,21-/m0/s1. The summed E-state index contributed by atoms with van der Waals surface area (Å²) in [6.07, 6.45) is 1.47. The highest BCUT2D eigenvalue weighted by Gasteiger charge is 2.39. The number of pyridine rings is 1. The summed E-state index contributed by atoms with van der Waals surface area (Å²) in [7, 11) is 0. The van der Waals surface area contributed by atoms with Crippen LogP contribution in [0.4, 0.5) is 13.6 Å². The van der Waals surface area contributed by atoms with E-state index in [-0.39, 0.29) is 18.1 Å². The first kappa shape index (κ1) is 20.9. The Labute approximate surface area is 182 Å². The summed E-state index contributed by atoms with van der Waals surface area (Å²) in [4.78, 5) is 30.5. The second-order valence-electron chi connectivity index (χ2n) is 7.13. The quantitative estimate of drug-likeness (QED) is 0.541. The van der Waals surface area contributed by atoms with Crippen LogP contribution in [0, 0.1) is 11.6 Å². The SMILES string of the molecule is O=C(C[C@H](c1cncc(F)c1)c1ccc(Cl)c(F)c1)N1C(=O)OC[C@H]1c1ccccc1. The van der Waals surface area contributed by atoms with Crippen LogP contribution in [0.2, 0.25) is 5.02 Å². The molecule has 3 aromatic rings. The van der Waals surface area contributed by atoms with Gasteiger partial charge >= 0.3 is 6.09 Å². The van der Waals surface area contributed by atoms with Crippen LogP contribution in [-0.4, -0.2) is 28.5 Å². The molecule has 0 N–H and O–H groups in total. The summed E-state index contributed by atoms with van der Waals surface area (Å²) in [5.74, 6) is -2.52. The zero-order valence-electron chi connectivity index (χ0n) is 16.2. The average molecular weight is 443 g/mol. The maximum absolute atomic E-state index is 14.1. The first-order valence-corrected chi connectivity index (χ1v) is 9.91. The van der Waals surface area contributed by atoms with E-state index in [1.165, 1.54) is 24.4 Å². The molecule has 1 aromatic heterocycles. The van der Waals surface area contributed by atoms with Crippen molar-refractivity contribution in [2.24, 2.45) is 0 Å². The molecule has 1 fully saturated rings. The van der Waals surface area contributed by atoms with E-state index in [9.17, 15) is 18.4 Å². The highest BCUT2D eigenvalue weighted by Crippen LogP contribution is 2.34. The number of hydrogen-bond acceptors (Lipinski definition) is 4. The molecule has 158 valence electrons. The van der Waals surface area contributed by atoms with Crippen LogP contribution in [0.1, 0.15) is 35.1 Å². The molecule has 2 atom stereocenters. The van der Waals surface area contributed by atoms with Gasteiger partial charge in [0, 0.05) is 18.5 Å². The van der Waals surface area contributed by atoms with Crippen LogP contribution in [0.25, 0.3) is 0 Å². The van der Waals surface area contributed by atoms with Crippen LogP contribution in [0.5, 0.6) is 0 Å². The molecule has 0 unspecified atom stereocenters. The van der Waals surface area contributed by atoms with E-state index in [1.54, 1.807) is 30.3 Å². The molecular weight excluding hydrogens is 426 g/mol. The largest absolute Gasteiger partial charge is 0.446 e. The predicted molar refractivity (Wildman–Crippen MR) is 109 cm³/mol. The molecule has 0 saturated carbocycles. The van der Waals surface area contributed by atoms with E-state index in [0.717, 1.165) is 16.7 Å². The zero-order valence-corrected chi connectivity index (χ0v) is 16.9. The smallest absolute Gasteiger partial charge is 0.417 e. The molecule has 5 nitrogen and oxygen atoms in total. The second kappa shape index (κ2) is 8.81. The van der Waals surface area contributed by atoms with Gasteiger partial charge in [0.25, 0.3) is 0 Å². The summed E-state index contributed by atoms with van der Waals surface area (Å²) < 4.78 is 33.1. The van der Waals surface area contributed by atoms with E-state index >= 15 is 0 Å². The number of halogens is 3. The minimum absolute atomic E-state index is 0.0380. The summed E-state index contributed by atoms with van der Waals surface area (Å²) in [6, 6.07) is 13.8. The van der Waals surface area contributed by atoms with E-state index in [2.05, 4.69) is 4.98 Å². The van der Waals surface area contributed by atoms with Crippen molar-refractivity contribution in [3.63, 3.8) is 0 Å². The summed E-state index contributed by atoms with van der Waals surface area (Å²) in [6.45, 7) is 0.0380. The first-order chi connectivity index (χ1) is 14.9. The molecule has 1 aliphatic heterocycles. The van der Waals surface area contributed by atoms with Crippen LogP contribution in [0.3, 0.4) is 0 Å². The van der Waals surface area contributed by atoms with Gasteiger partial charge in [0.15, 0.2) is 0 Å². The van der Waals surface area contributed by atoms with Gasteiger partial charge in [-0.1, -0.05) is 48.0 Å². The highest BCUT2D eigenvalue weighted by atomic mass is 35.5. The van der Waals surface area contributed by atoms with Gasteiger partial charge in [-0.3, -0.25) is 9.78 Å². The molecule has 31 heavy (non-hydrogen) atoms. The molecule has 1 aliphatic rings. The average Bonchev–Trinajstić information content (AvgIpc) is 3.16. The Morgan fingerprint density at radius 3 is 2.61 bits per heavy atom. The third-order valence-corrected chi connectivity index (χ3v) is 5.49. The summed E-state index contributed by atoms with van der Waals surface area (Å²) >= 11 is 5.79. The van der Waals surface area contributed by atoms with Gasteiger partial charge in [0.1, 0.15) is 24.3 Å². The summed E-state index contributed by atoms with van der Waals surface area (Å²) in [5, 5.41) is -0.0709. The van der Waals surface area contributed by atoms with E-state index in [4.69, 9.17) is 16.3 Å². The highest BCUT2D eigenvalue weighted by molar-refractivity contribution is 6.30.